The summed E-state index contributed by atoms with van der Waals surface area (Å²) in [6, 6.07) is 5.61. The molecule has 29 heavy (non-hydrogen) atoms. The zero-order chi connectivity index (χ0) is 20.5. The Labute approximate surface area is 167 Å². The number of fused-ring (bicyclic) bond motifs is 1. The van der Waals surface area contributed by atoms with Gasteiger partial charge in [-0.15, -0.1) is 5.10 Å². The number of carbonyl (C=O) groups is 1. The molecule has 4 rings (SSSR count). The van der Waals surface area contributed by atoms with Gasteiger partial charge >= 0.3 is 0 Å². The first-order valence-electron chi connectivity index (χ1n) is 9.46. The van der Waals surface area contributed by atoms with E-state index >= 15 is 0 Å². The molecule has 0 atom stereocenters. The summed E-state index contributed by atoms with van der Waals surface area (Å²) in [5.41, 5.74) is 2.81. The maximum absolute atomic E-state index is 13.0. The lowest BCUT2D eigenvalue weighted by molar-refractivity contribution is 0.102. The van der Waals surface area contributed by atoms with Crippen molar-refractivity contribution in [3.8, 4) is 11.4 Å². The number of rotatable bonds is 5. The Morgan fingerprint density at radius 2 is 2.00 bits per heavy atom. The molecule has 0 aliphatic rings. The van der Waals surface area contributed by atoms with Crippen LogP contribution in [0.4, 0.5) is 5.95 Å². The molecule has 9 nitrogen and oxygen atoms in total. The number of hydrogen-bond donors (Lipinski definition) is 2. The van der Waals surface area contributed by atoms with Crippen molar-refractivity contribution in [3.05, 3.63) is 48.0 Å². The van der Waals surface area contributed by atoms with Crippen molar-refractivity contribution in [1.82, 2.24) is 34.9 Å². The molecule has 4 heterocycles. The molecule has 0 saturated heterocycles. The molecular weight excluding hydrogens is 368 g/mol. The Kier molecular flexibility index (Phi) is 4.79. The molecule has 0 bridgehead atoms. The van der Waals surface area contributed by atoms with Crippen LogP contribution in [0.25, 0.3) is 22.4 Å². The lowest BCUT2D eigenvalue weighted by atomic mass is 10.0. The van der Waals surface area contributed by atoms with Crippen LogP contribution in [0.3, 0.4) is 0 Å². The van der Waals surface area contributed by atoms with Crippen LogP contribution in [0.5, 0.6) is 0 Å². The van der Waals surface area contributed by atoms with Crippen molar-refractivity contribution >= 4 is 22.9 Å². The SMILES string of the molecule is CC(C)c1cc(C(=O)Nc2n[nH]c(-c3cccnc3)n2)c2cnn(C(C)C)c2n1. The number of pyridine rings is 2. The number of aromatic nitrogens is 7. The molecule has 0 radical (unpaired) electrons. The van der Waals surface area contributed by atoms with Crippen molar-refractivity contribution in [1.29, 1.82) is 0 Å². The van der Waals surface area contributed by atoms with E-state index in [1.807, 2.05) is 50.6 Å². The molecular formula is C20H22N8O. The number of anilines is 1. The van der Waals surface area contributed by atoms with E-state index in [-0.39, 0.29) is 23.8 Å². The van der Waals surface area contributed by atoms with Crippen LogP contribution in [0.2, 0.25) is 0 Å². The first kappa shape index (κ1) is 18.7. The van der Waals surface area contributed by atoms with E-state index < -0.39 is 0 Å². The van der Waals surface area contributed by atoms with E-state index in [4.69, 9.17) is 4.98 Å². The molecule has 1 amide bonds. The third-order valence-electron chi connectivity index (χ3n) is 4.56. The minimum atomic E-state index is -0.306. The van der Waals surface area contributed by atoms with Crippen LogP contribution < -0.4 is 5.32 Å². The minimum Gasteiger partial charge on any atom is -0.289 e. The van der Waals surface area contributed by atoms with Crippen molar-refractivity contribution in [3.63, 3.8) is 0 Å². The molecule has 0 fully saturated rings. The van der Waals surface area contributed by atoms with E-state index in [0.717, 1.165) is 11.3 Å². The molecule has 148 valence electrons. The van der Waals surface area contributed by atoms with Gasteiger partial charge in [-0.25, -0.2) is 9.67 Å². The molecule has 0 aliphatic carbocycles. The fourth-order valence-electron chi connectivity index (χ4n) is 3.02. The quantitative estimate of drug-likeness (QED) is 0.538. The van der Waals surface area contributed by atoms with Crippen LogP contribution in [-0.2, 0) is 0 Å². The number of hydrogen-bond acceptors (Lipinski definition) is 6. The highest BCUT2D eigenvalue weighted by atomic mass is 16.1. The molecule has 2 N–H and O–H groups in total. The highest BCUT2D eigenvalue weighted by molar-refractivity contribution is 6.11. The van der Waals surface area contributed by atoms with Crippen molar-refractivity contribution in [2.45, 2.75) is 39.7 Å². The summed E-state index contributed by atoms with van der Waals surface area (Å²) < 4.78 is 1.82. The van der Waals surface area contributed by atoms with Gasteiger partial charge in [0.15, 0.2) is 11.5 Å². The summed E-state index contributed by atoms with van der Waals surface area (Å²) in [6.07, 6.45) is 5.04. The van der Waals surface area contributed by atoms with Gasteiger partial charge < -0.3 is 0 Å². The standard InChI is InChI=1S/C20H22N8O/c1-11(2)16-8-14(15-10-22-28(12(3)4)18(15)23-16)19(29)25-20-24-17(26-27-20)13-6-5-7-21-9-13/h5-12H,1-4H3,(H2,24,25,26,27,29). The normalized spacial score (nSPS) is 11.5. The van der Waals surface area contributed by atoms with Gasteiger partial charge in [-0.3, -0.25) is 20.2 Å². The Balaban J connectivity index is 1.69. The largest absolute Gasteiger partial charge is 0.289 e. The predicted octanol–water partition coefficient (Wildman–Crippen LogP) is 3.57. The van der Waals surface area contributed by atoms with Crippen molar-refractivity contribution < 1.29 is 4.79 Å². The Morgan fingerprint density at radius 1 is 1.17 bits per heavy atom. The van der Waals surface area contributed by atoms with Gasteiger partial charge in [0.05, 0.1) is 17.1 Å². The maximum atomic E-state index is 13.0. The van der Waals surface area contributed by atoms with E-state index in [0.29, 0.717) is 22.4 Å². The molecule has 0 saturated carbocycles. The Hall–Kier alpha value is -3.62. The minimum absolute atomic E-state index is 0.133. The third-order valence-corrected chi connectivity index (χ3v) is 4.56. The fourth-order valence-corrected chi connectivity index (χ4v) is 3.02. The topological polar surface area (TPSA) is 114 Å². The smallest absolute Gasteiger partial charge is 0.258 e. The lowest BCUT2D eigenvalue weighted by Crippen LogP contribution is -2.15. The van der Waals surface area contributed by atoms with Gasteiger partial charge in [0.2, 0.25) is 5.95 Å². The summed E-state index contributed by atoms with van der Waals surface area (Å²) >= 11 is 0. The monoisotopic (exact) mass is 390 g/mol. The highest BCUT2D eigenvalue weighted by Gasteiger charge is 2.20. The average molecular weight is 390 g/mol. The number of aromatic amines is 1. The second kappa shape index (κ2) is 7.42. The third kappa shape index (κ3) is 3.58. The molecule has 4 aromatic heterocycles. The van der Waals surface area contributed by atoms with E-state index in [1.165, 1.54) is 0 Å². The lowest BCUT2D eigenvalue weighted by Gasteiger charge is -2.11. The van der Waals surface area contributed by atoms with Gasteiger partial charge in [-0.2, -0.15) is 10.1 Å². The van der Waals surface area contributed by atoms with E-state index in [9.17, 15) is 4.79 Å². The van der Waals surface area contributed by atoms with Crippen LogP contribution in [0, 0.1) is 0 Å². The van der Waals surface area contributed by atoms with E-state index in [2.05, 4.69) is 30.6 Å². The maximum Gasteiger partial charge on any atom is 0.258 e. The zero-order valence-electron chi connectivity index (χ0n) is 16.7. The summed E-state index contributed by atoms with van der Waals surface area (Å²) in [6.45, 7) is 8.15. The number of nitrogens with zero attached hydrogens (tertiary/aromatic N) is 6. The second-order valence-electron chi connectivity index (χ2n) is 7.37. The van der Waals surface area contributed by atoms with Crippen molar-refractivity contribution in [2.75, 3.05) is 5.32 Å². The van der Waals surface area contributed by atoms with Gasteiger partial charge in [0.1, 0.15) is 0 Å². The molecule has 0 spiro atoms. The van der Waals surface area contributed by atoms with Gasteiger partial charge in [-0.1, -0.05) is 13.8 Å². The van der Waals surface area contributed by atoms with Crippen LogP contribution >= 0.6 is 0 Å². The predicted molar refractivity (Wildman–Crippen MR) is 110 cm³/mol. The highest BCUT2D eigenvalue weighted by Crippen LogP contribution is 2.25. The molecule has 0 unspecified atom stereocenters. The molecule has 0 aromatic carbocycles. The summed E-state index contributed by atoms with van der Waals surface area (Å²) in [5.74, 6) is 0.589. The summed E-state index contributed by atoms with van der Waals surface area (Å²) in [5, 5.41) is 14.8. The number of carbonyl (C=O) groups excluding carboxylic acids is 1. The molecule has 4 aromatic rings. The Bertz CT molecular complexity index is 1160. The summed E-state index contributed by atoms with van der Waals surface area (Å²) in [7, 11) is 0. The molecule has 9 heteroatoms. The Morgan fingerprint density at radius 3 is 2.69 bits per heavy atom. The van der Waals surface area contributed by atoms with Gasteiger partial charge in [-0.05, 0) is 38.0 Å². The zero-order valence-corrected chi connectivity index (χ0v) is 16.7. The summed E-state index contributed by atoms with van der Waals surface area (Å²) in [4.78, 5) is 26.2. The number of H-pyrrole nitrogens is 1. The van der Waals surface area contributed by atoms with Gasteiger partial charge in [0.25, 0.3) is 5.91 Å². The first-order valence-corrected chi connectivity index (χ1v) is 9.46. The second-order valence-corrected chi connectivity index (χ2v) is 7.37. The number of amides is 1. The van der Waals surface area contributed by atoms with E-state index in [1.54, 1.807) is 18.6 Å². The molecule has 0 aliphatic heterocycles. The van der Waals surface area contributed by atoms with Gasteiger partial charge in [0, 0.05) is 29.7 Å². The number of nitrogens with one attached hydrogen (secondary N) is 2. The average Bonchev–Trinajstić information content (AvgIpc) is 3.34. The van der Waals surface area contributed by atoms with Crippen LogP contribution in [0.15, 0.2) is 36.8 Å². The van der Waals surface area contributed by atoms with Crippen LogP contribution in [0.1, 0.15) is 55.7 Å². The first-order chi connectivity index (χ1) is 13.9. The fraction of sp³-hybridized carbons (Fsp3) is 0.300. The van der Waals surface area contributed by atoms with Crippen molar-refractivity contribution in [2.24, 2.45) is 0 Å². The van der Waals surface area contributed by atoms with Crippen LogP contribution in [-0.4, -0.2) is 40.8 Å².